The first-order chi connectivity index (χ1) is 10.9. The molecule has 0 spiro atoms. The van der Waals surface area contributed by atoms with Gasteiger partial charge in [0.2, 0.25) is 0 Å². The van der Waals surface area contributed by atoms with E-state index in [1.807, 2.05) is 0 Å². The normalized spacial score (nSPS) is 12.3. The standard InChI is InChI=1S/C15H6Cl2F6O/c16-12-2-1-8(14(18,19)20)4-10(12)11-5-9(15(21,22)23)3-7(6-24)13(11)17/h1-6H. The Morgan fingerprint density at radius 1 is 0.792 bits per heavy atom. The molecule has 0 aliphatic heterocycles. The molecule has 0 fully saturated rings. The monoisotopic (exact) mass is 386 g/mol. The summed E-state index contributed by atoms with van der Waals surface area (Å²) in [7, 11) is 0. The van der Waals surface area contributed by atoms with Crippen molar-refractivity contribution in [3.63, 3.8) is 0 Å². The van der Waals surface area contributed by atoms with Gasteiger partial charge >= 0.3 is 12.4 Å². The van der Waals surface area contributed by atoms with Gasteiger partial charge in [-0.1, -0.05) is 23.2 Å². The first-order valence-electron chi connectivity index (χ1n) is 6.18. The van der Waals surface area contributed by atoms with E-state index in [1.54, 1.807) is 0 Å². The van der Waals surface area contributed by atoms with E-state index >= 15 is 0 Å². The lowest BCUT2D eigenvalue weighted by atomic mass is 9.98. The van der Waals surface area contributed by atoms with Crippen LogP contribution in [0.5, 0.6) is 0 Å². The number of rotatable bonds is 2. The topological polar surface area (TPSA) is 17.1 Å². The second-order valence-corrected chi connectivity index (χ2v) is 5.52. The predicted molar refractivity (Wildman–Crippen MR) is 77.3 cm³/mol. The molecule has 0 heterocycles. The molecule has 1 nitrogen and oxygen atoms in total. The largest absolute Gasteiger partial charge is 0.416 e. The van der Waals surface area contributed by atoms with Crippen LogP contribution >= 0.6 is 23.2 Å². The molecule has 0 saturated carbocycles. The number of hydrogen-bond acceptors (Lipinski definition) is 1. The van der Waals surface area contributed by atoms with E-state index in [1.165, 1.54) is 0 Å². The fourth-order valence-corrected chi connectivity index (χ4v) is 2.48. The van der Waals surface area contributed by atoms with Crippen molar-refractivity contribution in [1.29, 1.82) is 0 Å². The van der Waals surface area contributed by atoms with Gasteiger partial charge in [-0.3, -0.25) is 4.79 Å². The number of halogens is 8. The van der Waals surface area contributed by atoms with Gasteiger partial charge in [-0.2, -0.15) is 26.3 Å². The Balaban J connectivity index is 2.79. The number of aldehydes is 1. The summed E-state index contributed by atoms with van der Waals surface area (Å²) in [4.78, 5) is 10.9. The van der Waals surface area contributed by atoms with Gasteiger partial charge in [-0.15, -0.1) is 0 Å². The summed E-state index contributed by atoms with van der Waals surface area (Å²) in [5, 5.41) is -0.653. The zero-order chi connectivity index (χ0) is 18.3. The van der Waals surface area contributed by atoms with Gasteiger partial charge in [0, 0.05) is 21.7 Å². The number of benzene rings is 2. The average molecular weight is 387 g/mol. The molecule has 0 N–H and O–H groups in total. The molecule has 0 amide bonds. The Labute approximate surface area is 141 Å². The van der Waals surface area contributed by atoms with E-state index in [-0.39, 0.29) is 16.9 Å². The Hall–Kier alpha value is -1.73. The van der Waals surface area contributed by atoms with Crippen LogP contribution in [0, 0.1) is 0 Å². The second-order valence-electron chi connectivity index (χ2n) is 4.74. The number of hydrogen-bond donors (Lipinski definition) is 0. The third kappa shape index (κ3) is 3.67. The van der Waals surface area contributed by atoms with E-state index in [4.69, 9.17) is 23.2 Å². The second kappa shape index (κ2) is 6.29. The summed E-state index contributed by atoms with van der Waals surface area (Å²) in [5.41, 5.74) is -3.61. The maximum atomic E-state index is 12.9. The van der Waals surface area contributed by atoms with E-state index in [9.17, 15) is 31.1 Å². The molecule has 0 aliphatic rings. The van der Waals surface area contributed by atoms with Gasteiger partial charge in [0.15, 0.2) is 6.29 Å². The maximum Gasteiger partial charge on any atom is 0.416 e. The SMILES string of the molecule is O=Cc1cc(C(F)(F)F)cc(-c2cc(C(F)(F)F)ccc2Cl)c1Cl. The van der Waals surface area contributed by atoms with Crippen LogP contribution in [0.25, 0.3) is 11.1 Å². The molecule has 2 rings (SSSR count). The molecular formula is C15H6Cl2F6O. The van der Waals surface area contributed by atoms with Crippen molar-refractivity contribution in [2.45, 2.75) is 12.4 Å². The summed E-state index contributed by atoms with van der Waals surface area (Å²) in [6.07, 6.45) is -9.45. The van der Waals surface area contributed by atoms with Crippen LogP contribution in [-0.2, 0) is 12.4 Å². The Kier molecular flexibility index (Phi) is 4.88. The number of carbonyl (C=O) groups excluding carboxylic acids is 1. The summed E-state index contributed by atoms with van der Waals surface area (Å²) >= 11 is 11.7. The Bertz CT molecular complexity index is 796. The first-order valence-corrected chi connectivity index (χ1v) is 6.93. The molecule has 24 heavy (non-hydrogen) atoms. The van der Waals surface area contributed by atoms with Crippen molar-refractivity contribution < 1.29 is 31.1 Å². The van der Waals surface area contributed by atoms with E-state index in [0.29, 0.717) is 24.3 Å². The highest BCUT2D eigenvalue weighted by Crippen LogP contribution is 2.42. The van der Waals surface area contributed by atoms with E-state index < -0.39 is 39.6 Å². The van der Waals surface area contributed by atoms with Crippen LogP contribution in [0.15, 0.2) is 30.3 Å². The molecule has 0 unspecified atom stereocenters. The molecular weight excluding hydrogens is 381 g/mol. The van der Waals surface area contributed by atoms with Gasteiger partial charge in [-0.05, 0) is 30.3 Å². The number of carbonyl (C=O) groups is 1. The summed E-state index contributed by atoms with van der Waals surface area (Å²) < 4.78 is 77.2. The predicted octanol–water partition coefficient (Wildman–Crippen LogP) is 6.51. The molecule has 0 saturated heterocycles. The number of alkyl halides is 6. The van der Waals surface area contributed by atoms with Crippen LogP contribution in [0.2, 0.25) is 10.0 Å². The van der Waals surface area contributed by atoms with Crippen LogP contribution in [0.4, 0.5) is 26.3 Å². The lowest BCUT2D eigenvalue weighted by molar-refractivity contribution is -0.138. The smallest absolute Gasteiger partial charge is 0.298 e. The van der Waals surface area contributed by atoms with E-state index in [2.05, 4.69) is 0 Å². The molecule has 0 atom stereocenters. The molecule has 0 bridgehead atoms. The fraction of sp³-hybridized carbons (Fsp3) is 0.133. The minimum atomic E-state index is -4.81. The molecule has 0 aliphatic carbocycles. The zero-order valence-corrected chi connectivity index (χ0v) is 12.9. The lowest BCUT2D eigenvalue weighted by Crippen LogP contribution is -2.07. The highest BCUT2D eigenvalue weighted by molar-refractivity contribution is 6.38. The van der Waals surface area contributed by atoms with Crippen molar-refractivity contribution in [2.24, 2.45) is 0 Å². The summed E-state index contributed by atoms with van der Waals surface area (Å²) in [6.45, 7) is 0. The summed E-state index contributed by atoms with van der Waals surface area (Å²) in [6, 6.07) is 3.24. The van der Waals surface area contributed by atoms with Gasteiger partial charge in [-0.25, -0.2) is 0 Å². The van der Waals surface area contributed by atoms with Crippen molar-refractivity contribution in [3.05, 3.63) is 57.1 Å². The summed E-state index contributed by atoms with van der Waals surface area (Å²) in [5.74, 6) is 0. The molecule has 0 radical (unpaired) electrons. The van der Waals surface area contributed by atoms with Gasteiger partial charge in [0.05, 0.1) is 16.1 Å². The van der Waals surface area contributed by atoms with E-state index in [0.717, 1.165) is 6.07 Å². The van der Waals surface area contributed by atoms with Crippen molar-refractivity contribution in [2.75, 3.05) is 0 Å². The van der Waals surface area contributed by atoms with Gasteiger partial charge < -0.3 is 0 Å². The van der Waals surface area contributed by atoms with Crippen LogP contribution in [0.1, 0.15) is 21.5 Å². The molecule has 0 aromatic heterocycles. The molecule has 128 valence electrons. The molecule has 9 heteroatoms. The minimum absolute atomic E-state index is 0.0859. The first kappa shape index (κ1) is 18.6. The maximum absolute atomic E-state index is 12.9. The van der Waals surface area contributed by atoms with Crippen LogP contribution in [-0.4, -0.2) is 6.29 Å². The average Bonchev–Trinajstić information content (AvgIpc) is 2.46. The zero-order valence-electron chi connectivity index (χ0n) is 11.4. The van der Waals surface area contributed by atoms with Crippen LogP contribution in [0.3, 0.4) is 0 Å². The van der Waals surface area contributed by atoms with Gasteiger partial charge in [0.1, 0.15) is 0 Å². The van der Waals surface area contributed by atoms with Crippen molar-refractivity contribution in [3.8, 4) is 11.1 Å². The molecule has 2 aromatic carbocycles. The highest BCUT2D eigenvalue weighted by Gasteiger charge is 2.34. The Morgan fingerprint density at radius 2 is 1.33 bits per heavy atom. The van der Waals surface area contributed by atoms with Crippen molar-refractivity contribution in [1.82, 2.24) is 0 Å². The highest BCUT2D eigenvalue weighted by atomic mass is 35.5. The minimum Gasteiger partial charge on any atom is -0.298 e. The third-order valence-corrected chi connectivity index (χ3v) is 3.89. The quantitative estimate of drug-likeness (QED) is 0.424. The lowest BCUT2D eigenvalue weighted by Gasteiger charge is -2.15. The third-order valence-electron chi connectivity index (χ3n) is 3.14. The molecule has 2 aromatic rings. The van der Waals surface area contributed by atoms with Gasteiger partial charge in [0.25, 0.3) is 0 Å². The Morgan fingerprint density at radius 3 is 1.83 bits per heavy atom. The fourth-order valence-electron chi connectivity index (χ4n) is 2.00. The van der Waals surface area contributed by atoms with Crippen molar-refractivity contribution >= 4 is 29.5 Å². The van der Waals surface area contributed by atoms with Crippen LogP contribution < -0.4 is 0 Å².